The molecule has 2 unspecified atom stereocenters. The van der Waals surface area contributed by atoms with Crippen molar-refractivity contribution in [2.45, 2.75) is 43.4 Å². The molecule has 8 heteroatoms. The molecule has 2 fully saturated rings. The molecular formula is C18H23N3O5. The first-order chi connectivity index (χ1) is 12.5. The van der Waals surface area contributed by atoms with Crippen LogP contribution in [0.3, 0.4) is 0 Å². The number of hydrogen-bond acceptors (Lipinski definition) is 6. The zero-order valence-corrected chi connectivity index (χ0v) is 15.1. The summed E-state index contributed by atoms with van der Waals surface area (Å²) >= 11 is 0. The fourth-order valence-corrected chi connectivity index (χ4v) is 4.53. The minimum Gasteiger partial charge on any atom is -0.490 e. The van der Waals surface area contributed by atoms with Crippen LogP contribution in [0.15, 0.2) is 22.9 Å². The number of aliphatic hydroxyl groups is 1. The molecule has 1 amide bonds. The first kappa shape index (κ1) is 17.0. The average Bonchev–Trinajstić information content (AvgIpc) is 3.30. The Labute approximate surface area is 151 Å². The number of hydrogen-bond donors (Lipinski definition) is 1. The van der Waals surface area contributed by atoms with Crippen molar-refractivity contribution in [2.75, 3.05) is 14.2 Å². The molecule has 2 aromatic heterocycles. The number of ether oxygens (including phenoxy) is 2. The molecule has 0 saturated carbocycles. The summed E-state index contributed by atoms with van der Waals surface area (Å²) in [6.07, 6.45) is 5.74. The highest BCUT2D eigenvalue weighted by Crippen LogP contribution is 2.47. The van der Waals surface area contributed by atoms with Gasteiger partial charge in [-0.05, 0) is 18.9 Å². The first-order valence-electron chi connectivity index (χ1n) is 8.71. The summed E-state index contributed by atoms with van der Waals surface area (Å²) in [7, 11) is 4.81. The van der Waals surface area contributed by atoms with Crippen molar-refractivity contribution < 1.29 is 23.8 Å². The number of nitrogens with zero attached hydrogens (tertiary/aromatic N) is 3. The predicted octanol–water partition coefficient (Wildman–Crippen LogP) is 1.69. The molecule has 2 atom stereocenters. The lowest BCUT2D eigenvalue weighted by atomic mass is 9.83. The fraction of sp³-hybridized carbons (Fsp3) is 0.556. The number of rotatable bonds is 4. The normalized spacial score (nSPS) is 27.6. The van der Waals surface area contributed by atoms with Crippen molar-refractivity contribution in [1.82, 2.24) is 14.7 Å². The Morgan fingerprint density at radius 1 is 1.31 bits per heavy atom. The number of carbonyl (C=O) groups is 1. The second-order valence-electron chi connectivity index (χ2n) is 7.04. The smallest absolute Gasteiger partial charge is 0.294 e. The Bertz CT molecular complexity index is 813. The van der Waals surface area contributed by atoms with Gasteiger partial charge in [-0.15, -0.1) is 0 Å². The monoisotopic (exact) mass is 361 g/mol. The number of aromatic nitrogens is 2. The van der Waals surface area contributed by atoms with E-state index in [2.05, 4.69) is 5.10 Å². The van der Waals surface area contributed by atoms with Crippen LogP contribution < -0.4 is 9.47 Å². The number of piperidine rings is 1. The number of aryl methyl sites for hydroxylation is 1. The maximum absolute atomic E-state index is 13.1. The van der Waals surface area contributed by atoms with Gasteiger partial charge >= 0.3 is 0 Å². The highest BCUT2D eigenvalue weighted by Gasteiger charge is 2.52. The van der Waals surface area contributed by atoms with E-state index < -0.39 is 5.60 Å². The van der Waals surface area contributed by atoms with E-state index >= 15 is 0 Å². The Morgan fingerprint density at radius 2 is 2.00 bits per heavy atom. The fourth-order valence-electron chi connectivity index (χ4n) is 4.53. The van der Waals surface area contributed by atoms with Crippen LogP contribution in [0, 0.1) is 0 Å². The van der Waals surface area contributed by atoms with Gasteiger partial charge in [-0.25, -0.2) is 0 Å². The molecular weight excluding hydrogens is 338 g/mol. The van der Waals surface area contributed by atoms with Crippen molar-refractivity contribution in [2.24, 2.45) is 7.05 Å². The van der Waals surface area contributed by atoms with Gasteiger partial charge in [0.15, 0.2) is 5.75 Å². The lowest BCUT2D eigenvalue weighted by Gasteiger charge is -2.43. The molecule has 26 heavy (non-hydrogen) atoms. The van der Waals surface area contributed by atoms with Gasteiger partial charge in [0.2, 0.25) is 11.5 Å². The second kappa shape index (κ2) is 6.05. The van der Waals surface area contributed by atoms with E-state index in [1.54, 1.807) is 10.9 Å². The summed E-state index contributed by atoms with van der Waals surface area (Å²) in [5, 5.41) is 15.4. The molecule has 8 nitrogen and oxygen atoms in total. The predicted molar refractivity (Wildman–Crippen MR) is 91.1 cm³/mol. The summed E-state index contributed by atoms with van der Waals surface area (Å²) in [5.41, 5.74) is -0.183. The molecule has 2 bridgehead atoms. The van der Waals surface area contributed by atoms with E-state index in [1.165, 1.54) is 20.5 Å². The molecule has 0 aromatic carbocycles. The average molecular weight is 361 g/mol. The quantitative estimate of drug-likeness (QED) is 0.891. The third-order valence-corrected chi connectivity index (χ3v) is 5.63. The van der Waals surface area contributed by atoms with Gasteiger partial charge in [-0.2, -0.15) is 5.10 Å². The molecule has 1 N–H and O–H groups in total. The number of fused-ring (bicyclic) bond motifs is 2. The Balaban J connectivity index is 1.62. The molecule has 2 aliphatic heterocycles. The van der Waals surface area contributed by atoms with Gasteiger partial charge in [0.1, 0.15) is 11.9 Å². The highest BCUT2D eigenvalue weighted by molar-refractivity contribution is 5.95. The molecule has 2 aliphatic rings. The van der Waals surface area contributed by atoms with Crippen LogP contribution >= 0.6 is 0 Å². The zero-order chi connectivity index (χ0) is 18.5. The van der Waals surface area contributed by atoms with Crippen LogP contribution in [-0.4, -0.2) is 52.0 Å². The van der Waals surface area contributed by atoms with Gasteiger partial charge in [0.25, 0.3) is 5.91 Å². The number of furan rings is 1. The van der Waals surface area contributed by atoms with Gasteiger partial charge in [-0.1, -0.05) is 0 Å². The van der Waals surface area contributed by atoms with E-state index in [0.717, 1.165) is 18.5 Å². The van der Waals surface area contributed by atoms with E-state index in [1.807, 2.05) is 18.0 Å². The van der Waals surface area contributed by atoms with Crippen LogP contribution in [0.2, 0.25) is 0 Å². The number of carbonyl (C=O) groups excluding carboxylic acids is 1. The van der Waals surface area contributed by atoms with Gasteiger partial charge in [0, 0.05) is 38.2 Å². The topological polar surface area (TPSA) is 90.0 Å². The van der Waals surface area contributed by atoms with E-state index in [4.69, 9.17) is 13.9 Å². The second-order valence-corrected chi connectivity index (χ2v) is 7.04. The van der Waals surface area contributed by atoms with Gasteiger partial charge in [0.05, 0.1) is 19.9 Å². The van der Waals surface area contributed by atoms with Gasteiger partial charge < -0.3 is 23.9 Å². The van der Waals surface area contributed by atoms with Crippen LogP contribution in [0.1, 0.15) is 41.9 Å². The Hall–Kier alpha value is -2.48. The Morgan fingerprint density at radius 3 is 2.54 bits per heavy atom. The van der Waals surface area contributed by atoms with Crippen molar-refractivity contribution in [3.63, 3.8) is 0 Å². The number of amides is 1. The summed E-state index contributed by atoms with van der Waals surface area (Å²) in [5.74, 6) is 0.632. The SMILES string of the molecule is COc1coc(C(=O)N2C3CCC2CC(O)(c2ccnn2C)C3)c1OC. The van der Waals surface area contributed by atoms with Crippen LogP contribution in [0.25, 0.3) is 0 Å². The summed E-state index contributed by atoms with van der Waals surface area (Å²) in [4.78, 5) is 15.0. The third kappa shape index (κ3) is 2.39. The molecule has 4 heterocycles. The largest absolute Gasteiger partial charge is 0.490 e. The molecule has 0 radical (unpaired) electrons. The summed E-state index contributed by atoms with van der Waals surface area (Å²) in [6.45, 7) is 0. The summed E-state index contributed by atoms with van der Waals surface area (Å²) < 4.78 is 17.6. The minimum atomic E-state index is -0.973. The lowest BCUT2D eigenvalue weighted by Crippen LogP contribution is -2.52. The maximum atomic E-state index is 13.1. The Kier molecular flexibility index (Phi) is 3.95. The minimum absolute atomic E-state index is 0.0537. The molecule has 2 aromatic rings. The lowest BCUT2D eigenvalue weighted by molar-refractivity contribution is -0.0537. The van der Waals surface area contributed by atoms with Crippen molar-refractivity contribution in [1.29, 1.82) is 0 Å². The van der Waals surface area contributed by atoms with Gasteiger partial charge in [-0.3, -0.25) is 9.48 Å². The van der Waals surface area contributed by atoms with E-state index in [-0.39, 0.29) is 23.8 Å². The molecule has 0 aliphatic carbocycles. The highest BCUT2D eigenvalue weighted by atomic mass is 16.5. The van der Waals surface area contributed by atoms with E-state index in [9.17, 15) is 9.90 Å². The zero-order valence-electron chi connectivity index (χ0n) is 15.1. The third-order valence-electron chi connectivity index (χ3n) is 5.63. The van der Waals surface area contributed by atoms with Crippen molar-refractivity contribution in [3.8, 4) is 11.5 Å². The molecule has 0 spiro atoms. The van der Waals surface area contributed by atoms with E-state index in [0.29, 0.717) is 24.3 Å². The molecule has 140 valence electrons. The van der Waals surface area contributed by atoms with Crippen LogP contribution in [0.5, 0.6) is 11.5 Å². The first-order valence-corrected chi connectivity index (χ1v) is 8.71. The summed E-state index contributed by atoms with van der Waals surface area (Å²) in [6, 6.07) is 1.74. The van der Waals surface area contributed by atoms with Crippen LogP contribution in [-0.2, 0) is 12.6 Å². The van der Waals surface area contributed by atoms with Crippen LogP contribution in [0.4, 0.5) is 0 Å². The van der Waals surface area contributed by atoms with Crippen molar-refractivity contribution in [3.05, 3.63) is 30.0 Å². The molecule has 2 saturated heterocycles. The molecule has 4 rings (SSSR count). The standard InChI is InChI=1S/C18H23N3O5/c1-20-14(6-7-19-20)18(23)8-11-4-5-12(9-18)21(11)17(22)16-15(25-3)13(24-2)10-26-16/h6-7,10-12,23H,4-5,8-9H2,1-3H3. The number of methoxy groups -OCH3 is 2. The maximum Gasteiger partial charge on any atom is 0.294 e. The van der Waals surface area contributed by atoms with Crippen molar-refractivity contribution >= 4 is 5.91 Å².